The second-order valence-electron chi connectivity index (χ2n) is 4.80. The van der Waals surface area contributed by atoms with Crippen LogP contribution in [-0.2, 0) is 14.3 Å². The van der Waals surface area contributed by atoms with Crippen LogP contribution in [-0.4, -0.2) is 43.3 Å². The summed E-state index contributed by atoms with van der Waals surface area (Å²) in [5, 5.41) is -0.485. The van der Waals surface area contributed by atoms with E-state index in [-0.39, 0.29) is 13.2 Å². The molecule has 2 atom stereocenters. The van der Waals surface area contributed by atoms with Crippen LogP contribution in [0, 0.1) is 0 Å². The average molecular weight is 350 g/mol. The van der Waals surface area contributed by atoms with Crippen LogP contribution in [0.2, 0.25) is 0 Å². The molecular weight excluding hydrogens is 330 g/mol. The van der Waals surface area contributed by atoms with Crippen molar-refractivity contribution in [1.29, 1.82) is 0 Å². The quantitative estimate of drug-likeness (QED) is 0.312. The lowest BCUT2D eigenvalue weighted by molar-refractivity contribution is -0.147. The van der Waals surface area contributed by atoms with Gasteiger partial charge in [-0.15, -0.1) is 17.3 Å². The first-order valence-electron chi connectivity index (χ1n) is 7.23. The molecular formula is C18H20ClNO4. The molecule has 1 unspecified atom stereocenters. The van der Waals surface area contributed by atoms with E-state index >= 15 is 0 Å². The van der Waals surface area contributed by atoms with Crippen molar-refractivity contribution in [3.8, 4) is 0 Å². The van der Waals surface area contributed by atoms with Crippen LogP contribution >= 0.6 is 11.6 Å². The summed E-state index contributed by atoms with van der Waals surface area (Å²) < 4.78 is 10.1. The Balaban J connectivity index is 2.67. The van der Waals surface area contributed by atoms with Crippen LogP contribution in [0.5, 0.6) is 0 Å². The summed E-state index contributed by atoms with van der Waals surface area (Å²) in [7, 11) is 1.42. The number of hydrogen-bond acceptors (Lipinski definition) is 4. The van der Waals surface area contributed by atoms with Crippen LogP contribution in [0.15, 0.2) is 61.4 Å². The molecule has 0 aliphatic heterocycles. The van der Waals surface area contributed by atoms with Gasteiger partial charge < -0.3 is 9.47 Å². The highest BCUT2D eigenvalue weighted by Crippen LogP contribution is 2.20. The smallest absolute Gasteiger partial charge is 0.410 e. The lowest BCUT2D eigenvalue weighted by atomic mass is 10.1. The minimum Gasteiger partial charge on any atom is -0.462 e. The Labute approximate surface area is 146 Å². The van der Waals surface area contributed by atoms with Gasteiger partial charge in [0.05, 0.1) is 5.38 Å². The van der Waals surface area contributed by atoms with Crippen molar-refractivity contribution in [1.82, 2.24) is 4.90 Å². The molecule has 0 aromatic heterocycles. The van der Waals surface area contributed by atoms with Gasteiger partial charge in [-0.05, 0) is 11.6 Å². The lowest BCUT2D eigenvalue weighted by Crippen LogP contribution is -2.42. The lowest BCUT2D eigenvalue weighted by Gasteiger charge is -2.23. The molecule has 5 nitrogen and oxygen atoms in total. The van der Waals surface area contributed by atoms with Gasteiger partial charge in [-0.3, -0.25) is 4.90 Å². The number of amides is 1. The first-order valence-corrected chi connectivity index (χ1v) is 7.67. The van der Waals surface area contributed by atoms with E-state index in [1.807, 2.05) is 30.3 Å². The summed E-state index contributed by atoms with van der Waals surface area (Å²) >= 11 is 6.21. The third-order valence-electron chi connectivity index (χ3n) is 3.08. The van der Waals surface area contributed by atoms with Gasteiger partial charge in [0.2, 0.25) is 0 Å². The van der Waals surface area contributed by atoms with E-state index in [9.17, 15) is 9.59 Å². The molecule has 1 amide bonds. The number of benzene rings is 1. The number of nitrogens with zero attached hydrogens (tertiary/aromatic N) is 1. The third kappa shape index (κ3) is 5.95. The van der Waals surface area contributed by atoms with Gasteiger partial charge >= 0.3 is 12.1 Å². The third-order valence-corrected chi connectivity index (χ3v) is 3.46. The zero-order valence-corrected chi connectivity index (χ0v) is 14.2. The number of hydrogen-bond donors (Lipinski definition) is 0. The molecule has 0 N–H and O–H groups in total. The Morgan fingerprint density at radius 2 is 2.00 bits per heavy atom. The second kappa shape index (κ2) is 10.3. The standard InChI is InChI=1S/C18H20ClNO4/c1-4-9-16(20(3)18(22)23-12-5-2)17(21)24-13-15(19)14-10-7-6-8-11-14/h5-11,15-16H,1-2,12-13H2,3H3/t15?,16-/m1/s1. The normalized spacial score (nSPS) is 12.2. The Morgan fingerprint density at radius 1 is 1.33 bits per heavy atom. The summed E-state index contributed by atoms with van der Waals surface area (Å²) in [5.74, 6) is -0.647. The summed E-state index contributed by atoms with van der Waals surface area (Å²) in [6.07, 6.45) is 2.07. The first kappa shape index (κ1) is 19.6. The van der Waals surface area contributed by atoms with Gasteiger partial charge in [-0.25, -0.2) is 9.59 Å². The molecule has 0 heterocycles. The average Bonchev–Trinajstić information content (AvgIpc) is 2.61. The molecule has 1 aromatic rings. The van der Waals surface area contributed by atoms with Crippen molar-refractivity contribution in [3.05, 3.63) is 66.9 Å². The van der Waals surface area contributed by atoms with Crippen LogP contribution in [0.1, 0.15) is 10.9 Å². The highest BCUT2D eigenvalue weighted by Gasteiger charge is 2.27. The summed E-state index contributed by atoms with van der Waals surface area (Å²) in [5.41, 5.74) is 3.32. The maximum Gasteiger partial charge on any atom is 0.410 e. The molecule has 0 bridgehead atoms. The minimum absolute atomic E-state index is 0.0264. The number of alkyl halides is 1. The van der Waals surface area contributed by atoms with E-state index in [0.29, 0.717) is 0 Å². The van der Waals surface area contributed by atoms with Crippen LogP contribution in [0.3, 0.4) is 0 Å². The summed E-state index contributed by atoms with van der Waals surface area (Å²) in [4.78, 5) is 25.2. The first-order chi connectivity index (χ1) is 11.5. The minimum atomic E-state index is -1.00. The predicted molar refractivity (Wildman–Crippen MR) is 92.8 cm³/mol. The number of ether oxygens (including phenoxy) is 2. The Bertz CT molecular complexity index is 611. The number of carbonyl (C=O) groups excluding carboxylic acids is 2. The van der Waals surface area contributed by atoms with Gasteiger partial charge in [0.25, 0.3) is 0 Å². The number of halogens is 1. The van der Waals surface area contributed by atoms with Crippen LogP contribution in [0.4, 0.5) is 4.79 Å². The van der Waals surface area contributed by atoms with Crippen molar-refractivity contribution >= 4 is 23.7 Å². The fraction of sp³-hybridized carbons (Fsp3) is 0.278. The highest BCUT2D eigenvalue weighted by molar-refractivity contribution is 6.21. The van der Waals surface area contributed by atoms with Crippen molar-refractivity contribution < 1.29 is 19.1 Å². The fourth-order valence-corrected chi connectivity index (χ4v) is 2.00. The molecule has 6 heteroatoms. The zero-order valence-electron chi connectivity index (χ0n) is 13.5. The largest absolute Gasteiger partial charge is 0.462 e. The molecule has 0 aliphatic carbocycles. The number of carbonyl (C=O) groups is 2. The molecule has 0 aliphatic rings. The van der Waals surface area contributed by atoms with E-state index in [4.69, 9.17) is 21.1 Å². The monoisotopic (exact) mass is 349 g/mol. The molecule has 128 valence electrons. The van der Waals surface area contributed by atoms with Crippen molar-refractivity contribution in [3.63, 3.8) is 0 Å². The van der Waals surface area contributed by atoms with E-state index in [2.05, 4.69) is 18.9 Å². The Kier molecular flexibility index (Phi) is 8.41. The maximum absolute atomic E-state index is 12.2. The van der Waals surface area contributed by atoms with Crippen LogP contribution in [0.25, 0.3) is 0 Å². The van der Waals surface area contributed by atoms with Crippen LogP contribution < -0.4 is 0 Å². The van der Waals surface area contributed by atoms with Gasteiger partial charge in [-0.2, -0.15) is 0 Å². The molecule has 1 aromatic carbocycles. The van der Waals surface area contributed by atoms with Gasteiger partial charge in [-0.1, -0.05) is 49.6 Å². The van der Waals surface area contributed by atoms with E-state index < -0.39 is 23.5 Å². The Hall–Kier alpha value is -2.49. The fourth-order valence-electron chi connectivity index (χ4n) is 1.79. The van der Waals surface area contributed by atoms with E-state index in [1.165, 1.54) is 19.2 Å². The Morgan fingerprint density at radius 3 is 2.58 bits per heavy atom. The number of rotatable bonds is 8. The van der Waals surface area contributed by atoms with Gasteiger partial charge in [0.1, 0.15) is 13.2 Å². The van der Waals surface area contributed by atoms with Crippen molar-refractivity contribution in [2.45, 2.75) is 11.4 Å². The SMILES string of the molecule is C=C=C[C@H](C(=O)OCC(Cl)c1ccccc1)N(C)C(=O)OCC=C. The van der Waals surface area contributed by atoms with Gasteiger partial charge in [0.15, 0.2) is 6.04 Å². The molecule has 0 radical (unpaired) electrons. The highest BCUT2D eigenvalue weighted by atomic mass is 35.5. The second-order valence-corrected chi connectivity index (χ2v) is 5.33. The van der Waals surface area contributed by atoms with E-state index in [0.717, 1.165) is 10.5 Å². The molecule has 0 spiro atoms. The molecule has 0 fully saturated rings. The summed E-state index contributed by atoms with van der Waals surface area (Å²) in [6.45, 7) is 6.89. The zero-order chi connectivity index (χ0) is 17.9. The molecule has 1 rings (SSSR count). The van der Waals surface area contributed by atoms with Crippen molar-refractivity contribution in [2.24, 2.45) is 0 Å². The molecule has 0 saturated carbocycles. The predicted octanol–water partition coefficient (Wildman–Crippen LogP) is 3.47. The topological polar surface area (TPSA) is 55.8 Å². The number of likely N-dealkylation sites (N-methyl/N-ethyl adjacent to an activating group) is 1. The summed E-state index contributed by atoms with van der Waals surface area (Å²) in [6, 6.07) is 8.24. The van der Waals surface area contributed by atoms with Crippen molar-refractivity contribution in [2.75, 3.05) is 20.3 Å². The maximum atomic E-state index is 12.2. The number of esters is 1. The molecule has 0 saturated heterocycles. The van der Waals surface area contributed by atoms with E-state index in [1.54, 1.807) is 0 Å². The van der Waals surface area contributed by atoms with Gasteiger partial charge in [0, 0.05) is 7.05 Å². The molecule has 24 heavy (non-hydrogen) atoms.